The van der Waals surface area contributed by atoms with Gasteiger partial charge in [0.15, 0.2) is 0 Å². The first kappa shape index (κ1) is 18.1. The van der Waals surface area contributed by atoms with Gasteiger partial charge in [0.25, 0.3) is 0 Å². The molecule has 1 aliphatic rings. The van der Waals surface area contributed by atoms with Crippen LogP contribution in [0, 0.1) is 5.92 Å². The Labute approximate surface area is 141 Å². The van der Waals surface area contributed by atoms with E-state index in [-0.39, 0.29) is 22.7 Å². The van der Waals surface area contributed by atoms with Gasteiger partial charge >= 0.3 is 5.97 Å². The summed E-state index contributed by atoms with van der Waals surface area (Å²) in [7, 11) is -1.16. The van der Waals surface area contributed by atoms with E-state index in [9.17, 15) is 9.00 Å². The van der Waals surface area contributed by atoms with Crippen LogP contribution in [0.5, 0.6) is 0 Å². The SMILES string of the molecule is CC1CC[C@@H](CN(Cc2ccccc2)[S@@](=O)C(C)(C)C)OC1=O. The van der Waals surface area contributed by atoms with Crippen molar-refractivity contribution in [2.24, 2.45) is 5.92 Å². The van der Waals surface area contributed by atoms with Crippen LogP contribution >= 0.6 is 0 Å². The highest BCUT2D eigenvalue weighted by Gasteiger charge is 2.32. The van der Waals surface area contributed by atoms with E-state index in [2.05, 4.69) is 0 Å². The number of carbonyl (C=O) groups excluding carboxylic acids is 1. The Morgan fingerprint density at radius 1 is 1.22 bits per heavy atom. The number of carbonyl (C=O) groups is 1. The lowest BCUT2D eigenvalue weighted by molar-refractivity contribution is -0.159. The van der Waals surface area contributed by atoms with Gasteiger partial charge in [0.2, 0.25) is 0 Å². The van der Waals surface area contributed by atoms with Crippen molar-refractivity contribution < 1.29 is 13.7 Å². The van der Waals surface area contributed by atoms with Gasteiger partial charge in [-0.25, -0.2) is 8.51 Å². The zero-order chi connectivity index (χ0) is 17.0. The van der Waals surface area contributed by atoms with Gasteiger partial charge in [0.05, 0.1) is 10.7 Å². The van der Waals surface area contributed by atoms with Crippen LogP contribution in [0.15, 0.2) is 30.3 Å². The first-order valence-corrected chi connectivity index (χ1v) is 9.29. The number of benzene rings is 1. The predicted molar refractivity (Wildman–Crippen MR) is 93.0 cm³/mol. The van der Waals surface area contributed by atoms with Gasteiger partial charge in [-0.15, -0.1) is 0 Å². The van der Waals surface area contributed by atoms with E-state index in [0.717, 1.165) is 18.4 Å². The second-order valence-electron chi connectivity index (χ2n) is 7.21. The highest BCUT2D eigenvalue weighted by molar-refractivity contribution is 7.84. The number of cyclic esters (lactones) is 1. The van der Waals surface area contributed by atoms with Gasteiger partial charge in [-0.05, 0) is 39.2 Å². The van der Waals surface area contributed by atoms with Crippen LogP contribution in [0.4, 0.5) is 0 Å². The lowest BCUT2D eigenvalue weighted by atomic mass is 9.99. The van der Waals surface area contributed by atoms with Crippen LogP contribution < -0.4 is 0 Å². The van der Waals surface area contributed by atoms with Crippen LogP contribution in [-0.2, 0) is 27.1 Å². The van der Waals surface area contributed by atoms with Crippen LogP contribution in [0.2, 0.25) is 0 Å². The minimum absolute atomic E-state index is 0.0260. The van der Waals surface area contributed by atoms with Crippen LogP contribution in [0.25, 0.3) is 0 Å². The molecule has 0 aliphatic carbocycles. The quantitative estimate of drug-likeness (QED) is 0.775. The average Bonchev–Trinajstić information content (AvgIpc) is 2.49. The lowest BCUT2D eigenvalue weighted by Gasteiger charge is -2.33. The maximum absolute atomic E-state index is 12.9. The molecule has 1 unspecified atom stereocenters. The molecule has 0 aromatic heterocycles. The molecular formula is C18H27NO3S. The molecule has 0 saturated carbocycles. The van der Waals surface area contributed by atoms with Crippen molar-refractivity contribution in [1.29, 1.82) is 0 Å². The van der Waals surface area contributed by atoms with E-state index in [1.165, 1.54) is 0 Å². The molecule has 4 nitrogen and oxygen atoms in total. The fourth-order valence-electron chi connectivity index (χ4n) is 2.61. The summed E-state index contributed by atoms with van der Waals surface area (Å²) in [4.78, 5) is 11.8. The highest BCUT2D eigenvalue weighted by Crippen LogP contribution is 2.24. The Hall–Kier alpha value is -1.20. The van der Waals surface area contributed by atoms with E-state index in [4.69, 9.17) is 4.74 Å². The third kappa shape index (κ3) is 5.15. The lowest BCUT2D eigenvalue weighted by Crippen LogP contribution is -2.44. The van der Waals surface area contributed by atoms with Crippen LogP contribution in [0.1, 0.15) is 46.1 Å². The van der Waals surface area contributed by atoms with Crippen molar-refractivity contribution in [3.63, 3.8) is 0 Å². The molecule has 0 amide bonds. The number of nitrogens with zero attached hydrogens (tertiary/aromatic N) is 1. The van der Waals surface area contributed by atoms with Crippen molar-refractivity contribution in [2.75, 3.05) is 6.54 Å². The van der Waals surface area contributed by atoms with Gasteiger partial charge in [-0.2, -0.15) is 0 Å². The molecule has 2 rings (SSSR count). The molecule has 1 aromatic carbocycles. The largest absolute Gasteiger partial charge is 0.461 e. The Balaban J connectivity index is 2.10. The van der Waals surface area contributed by atoms with Gasteiger partial charge in [-0.1, -0.05) is 37.3 Å². The highest BCUT2D eigenvalue weighted by atomic mass is 32.2. The van der Waals surface area contributed by atoms with Gasteiger partial charge in [-0.3, -0.25) is 4.79 Å². The summed E-state index contributed by atoms with van der Waals surface area (Å²) in [6.45, 7) is 8.90. The van der Waals surface area contributed by atoms with E-state index in [0.29, 0.717) is 13.1 Å². The molecule has 0 N–H and O–H groups in total. The van der Waals surface area contributed by atoms with Crippen molar-refractivity contribution in [2.45, 2.75) is 57.9 Å². The third-order valence-electron chi connectivity index (χ3n) is 3.97. The van der Waals surface area contributed by atoms with Crippen molar-refractivity contribution in [3.05, 3.63) is 35.9 Å². The van der Waals surface area contributed by atoms with Gasteiger partial charge < -0.3 is 4.74 Å². The van der Waals surface area contributed by atoms with Gasteiger partial charge in [0.1, 0.15) is 17.1 Å². The maximum atomic E-state index is 12.9. The molecule has 0 spiro atoms. The summed E-state index contributed by atoms with van der Waals surface area (Å²) in [5.74, 6) is -0.163. The molecule has 0 radical (unpaired) electrons. The van der Waals surface area contributed by atoms with E-state index < -0.39 is 11.0 Å². The van der Waals surface area contributed by atoms with E-state index in [1.807, 2.05) is 62.3 Å². The van der Waals surface area contributed by atoms with Crippen LogP contribution in [-0.4, -0.2) is 31.9 Å². The number of rotatable bonds is 5. The Bertz CT molecular complexity index is 553. The fourth-order valence-corrected chi connectivity index (χ4v) is 3.96. The maximum Gasteiger partial charge on any atom is 0.308 e. The molecule has 1 aromatic rings. The molecule has 23 heavy (non-hydrogen) atoms. The third-order valence-corrected chi connectivity index (χ3v) is 5.77. The number of hydrogen-bond donors (Lipinski definition) is 0. The van der Waals surface area contributed by atoms with E-state index >= 15 is 0 Å². The van der Waals surface area contributed by atoms with Gasteiger partial charge in [0, 0.05) is 13.1 Å². The summed E-state index contributed by atoms with van der Waals surface area (Å²) >= 11 is 0. The molecule has 1 heterocycles. The van der Waals surface area contributed by atoms with E-state index in [1.54, 1.807) is 0 Å². The Kier molecular flexibility index (Phi) is 5.98. The molecule has 0 bridgehead atoms. The Morgan fingerprint density at radius 3 is 2.43 bits per heavy atom. The van der Waals surface area contributed by atoms with Crippen LogP contribution in [0.3, 0.4) is 0 Å². The van der Waals surface area contributed by atoms with Crippen molar-refractivity contribution >= 4 is 17.0 Å². The normalized spacial score (nSPS) is 23.6. The second kappa shape index (κ2) is 7.58. The monoisotopic (exact) mass is 337 g/mol. The standard InChI is InChI=1S/C18H27NO3S/c1-14-10-11-16(22-17(14)20)13-19(23(21)18(2,3)4)12-15-8-6-5-7-9-15/h5-9,14,16H,10-13H2,1-4H3/t14?,16-,23-/m0/s1. The Morgan fingerprint density at radius 2 is 1.87 bits per heavy atom. The number of ether oxygens (including phenoxy) is 1. The summed E-state index contributed by atoms with van der Waals surface area (Å²) in [5, 5.41) is 0. The summed E-state index contributed by atoms with van der Waals surface area (Å²) < 4.78 is 20.0. The fraction of sp³-hybridized carbons (Fsp3) is 0.611. The zero-order valence-electron chi connectivity index (χ0n) is 14.5. The first-order chi connectivity index (χ1) is 10.8. The molecule has 5 heteroatoms. The topological polar surface area (TPSA) is 46.6 Å². The average molecular weight is 337 g/mol. The minimum atomic E-state index is -1.16. The molecule has 1 fully saturated rings. The predicted octanol–water partition coefficient (Wildman–Crippen LogP) is 3.29. The molecule has 1 saturated heterocycles. The summed E-state index contributed by atoms with van der Waals surface area (Å²) in [5.41, 5.74) is 1.11. The first-order valence-electron chi connectivity index (χ1n) is 8.18. The molecule has 3 atom stereocenters. The number of esters is 1. The zero-order valence-corrected chi connectivity index (χ0v) is 15.3. The smallest absolute Gasteiger partial charge is 0.308 e. The molecule has 128 valence electrons. The minimum Gasteiger partial charge on any atom is -0.461 e. The molecule has 1 aliphatic heterocycles. The summed E-state index contributed by atoms with van der Waals surface area (Å²) in [6.07, 6.45) is 1.50. The summed E-state index contributed by atoms with van der Waals surface area (Å²) in [6, 6.07) is 9.99. The van der Waals surface area contributed by atoms with Crippen molar-refractivity contribution in [1.82, 2.24) is 4.31 Å². The van der Waals surface area contributed by atoms with Crippen molar-refractivity contribution in [3.8, 4) is 0 Å². The second-order valence-corrected chi connectivity index (χ2v) is 9.45. The number of hydrogen-bond acceptors (Lipinski definition) is 3. The molecular weight excluding hydrogens is 310 g/mol.